The predicted octanol–water partition coefficient (Wildman–Crippen LogP) is 0.500. The van der Waals surface area contributed by atoms with Crippen molar-refractivity contribution in [3.05, 3.63) is 53.9 Å². The SMILES string of the molecule is O=C(NCc1ccncn1)c1ccc(C(=O)O)nc1. The number of amides is 1. The van der Waals surface area contributed by atoms with Gasteiger partial charge in [-0.2, -0.15) is 0 Å². The highest BCUT2D eigenvalue weighted by atomic mass is 16.4. The lowest BCUT2D eigenvalue weighted by molar-refractivity contribution is 0.0689. The summed E-state index contributed by atoms with van der Waals surface area (Å²) in [5.41, 5.74) is 0.866. The molecule has 2 rings (SSSR count). The van der Waals surface area contributed by atoms with Gasteiger partial charge < -0.3 is 10.4 Å². The molecule has 7 heteroatoms. The van der Waals surface area contributed by atoms with Crippen molar-refractivity contribution in [1.82, 2.24) is 20.3 Å². The molecule has 0 saturated heterocycles. The third kappa shape index (κ3) is 3.32. The number of nitrogens with one attached hydrogen (secondary N) is 1. The molecule has 0 aliphatic rings. The number of carboxylic acids is 1. The van der Waals surface area contributed by atoms with E-state index in [1.807, 2.05) is 0 Å². The molecule has 0 spiro atoms. The summed E-state index contributed by atoms with van der Waals surface area (Å²) in [6, 6.07) is 4.37. The summed E-state index contributed by atoms with van der Waals surface area (Å²) in [5.74, 6) is -1.48. The van der Waals surface area contributed by atoms with Crippen molar-refractivity contribution in [2.45, 2.75) is 6.54 Å². The Morgan fingerprint density at radius 3 is 2.63 bits per heavy atom. The molecule has 0 radical (unpaired) electrons. The Hall–Kier alpha value is -2.83. The van der Waals surface area contributed by atoms with Crippen LogP contribution in [0.5, 0.6) is 0 Å². The van der Waals surface area contributed by atoms with Crippen molar-refractivity contribution in [2.75, 3.05) is 0 Å². The minimum atomic E-state index is -1.13. The molecule has 2 aromatic heterocycles. The van der Waals surface area contributed by atoms with Crippen LogP contribution in [-0.4, -0.2) is 31.9 Å². The van der Waals surface area contributed by atoms with E-state index in [1.54, 1.807) is 12.3 Å². The first-order valence-electron chi connectivity index (χ1n) is 5.39. The Balaban J connectivity index is 1.98. The maximum Gasteiger partial charge on any atom is 0.354 e. The van der Waals surface area contributed by atoms with Gasteiger partial charge in [0.2, 0.25) is 0 Å². The second-order valence-corrected chi connectivity index (χ2v) is 3.62. The Morgan fingerprint density at radius 2 is 2.05 bits per heavy atom. The van der Waals surface area contributed by atoms with Gasteiger partial charge in [0.1, 0.15) is 12.0 Å². The largest absolute Gasteiger partial charge is 0.477 e. The third-order valence-corrected chi connectivity index (χ3v) is 2.32. The van der Waals surface area contributed by atoms with Crippen LogP contribution in [0.3, 0.4) is 0 Å². The molecule has 0 atom stereocenters. The summed E-state index contributed by atoms with van der Waals surface area (Å²) in [7, 11) is 0. The van der Waals surface area contributed by atoms with E-state index in [-0.39, 0.29) is 18.1 Å². The number of nitrogens with zero attached hydrogens (tertiary/aromatic N) is 3. The molecule has 0 aromatic carbocycles. The van der Waals surface area contributed by atoms with Crippen LogP contribution in [0.25, 0.3) is 0 Å². The number of carbonyl (C=O) groups excluding carboxylic acids is 1. The highest BCUT2D eigenvalue weighted by Crippen LogP contribution is 2.01. The monoisotopic (exact) mass is 258 g/mol. The number of carbonyl (C=O) groups is 2. The molecule has 0 aliphatic carbocycles. The van der Waals surface area contributed by atoms with Crippen LogP contribution in [0.2, 0.25) is 0 Å². The van der Waals surface area contributed by atoms with E-state index in [2.05, 4.69) is 20.3 Å². The van der Waals surface area contributed by atoms with Crippen LogP contribution < -0.4 is 5.32 Å². The first-order valence-corrected chi connectivity index (χ1v) is 5.39. The van der Waals surface area contributed by atoms with Crippen LogP contribution in [0.4, 0.5) is 0 Å². The summed E-state index contributed by atoms with van der Waals surface area (Å²) < 4.78 is 0. The Morgan fingerprint density at radius 1 is 1.21 bits per heavy atom. The number of pyridine rings is 1. The molecular weight excluding hydrogens is 248 g/mol. The average Bonchev–Trinajstić information content (AvgIpc) is 2.46. The van der Waals surface area contributed by atoms with Gasteiger partial charge in [-0.05, 0) is 18.2 Å². The van der Waals surface area contributed by atoms with E-state index < -0.39 is 5.97 Å². The molecule has 2 heterocycles. The van der Waals surface area contributed by atoms with Gasteiger partial charge in [0.05, 0.1) is 17.8 Å². The van der Waals surface area contributed by atoms with E-state index >= 15 is 0 Å². The van der Waals surface area contributed by atoms with Crippen molar-refractivity contribution < 1.29 is 14.7 Å². The first kappa shape index (κ1) is 12.6. The standard InChI is InChI=1S/C12H10N4O3/c17-11(15-6-9-3-4-13-7-16-9)8-1-2-10(12(18)19)14-5-8/h1-5,7H,6H2,(H,15,17)(H,18,19). The minimum absolute atomic E-state index is 0.104. The zero-order chi connectivity index (χ0) is 13.7. The lowest BCUT2D eigenvalue weighted by Crippen LogP contribution is -2.23. The molecule has 96 valence electrons. The molecule has 0 aliphatic heterocycles. The fourth-order valence-corrected chi connectivity index (χ4v) is 1.35. The number of hydrogen-bond donors (Lipinski definition) is 2. The van der Waals surface area contributed by atoms with Gasteiger partial charge in [0, 0.05) is 12.4 Å². The van der Waals surface area contributed by atoms with Gasteiger partial charge in [0.15, 0.2) is 0 Å². The molecule has 2 N–H and O–H groups in total. The Bertz CT molecular complexity index is 584. The molecule has 0 saturated carbocycles. The van der Waals surface area contributed by atoms with E-state index in [4.69, 9.17) is 5.11 Å². The van der Waals surface area contributed by atoms with Crippen LogP contribution >= 0.6 is 0 Å². The maximum atomic E-state index is 11.8. The van der Waals surface area contributed by atoms with Crippen LogP contribution in [0, 0.1) is 0 Å². The fourth-order valence-electron chi connectivity index (χ4n) is 1.35. The highest BCUT2D eigenvalue weighted by molar-refractivity contribution is 5.94. The smallest absolute Gasteiger partial charge is 0.354 e. The summed E-state index contributed by atoms with van der Waals surface area (Å²) in [6.07, 6.45) is 4.20. The van der Waals surface area contributed by atoms with Gasteiger partial charge in [-0.25, -0.2) is 19.7 Å². The van der Waals surface area contributed by atoms with Gasteiger partial charge in [-0.15, -0.1) is 0 Å². The van der Waals surface area contributed by atoms with E-state index in [1.165, 1.54) is 24.7 Å². The zero-order valence-electron chi connectivity index (χ0n) is 9.78. The molecule has 19 heavy (non-hydrogen) atoms. The Labute approximate surface area is 108 Å². The summed E-state index contributed by atoms with van der Waals surface area (Å²) >= 11 is 0. The van der Waals surface area contributed by atoms with Crippen LogP contribution in [0.15, 0.2) is 36.9 Å². The fraction of sp³-hybridized carbons (Fsp3) is 0.0833. The van der Waals surface area contributed by atoms with E-state index in [0.717, 1.165) is 0 Å². The topological polar surface area (TPSA) is 105 Å². The number of hydrogen-bond acceptors (Lipinski definition) is 5. The second kappa shape index (κ2) is 5.67. The maximum absolute atomic E-state index is 11.8. The summed E-state index contributed by atoms with van der Waals surface area (Å²) in [6.45, 7) is 0.266. The van der Waals surface area contributed by atoms with Crippen molar-refractivity contribution in [1.29, 1.82) is 0 Å². The van der Waals surface area contributed by atoms with Gasteiger partial charge in [0.25, 0.3) is 5.91 Å². The van der Waals surface area contributed by atoms with Crippen molar-refractivity contribution >= 4 is 11.9 Å². The molecule has 7 nitrogen and oxygen atoms in total. The number of aromatic carboxylic acids is 1. The van der Waals surface area contributed by atoms with Crippen LogP contribution in [-0.2, 0) is 6.54 Å². The summed E-state index contributed by atoms with van der Waals surface area (Å²) in [5, 5.41) is 11.3. The van der Waals surface area contributed by atoms with Gasteiger partial charge in [-0.3, -0.25) is 4.79 Å². The Kier molecular flexibility index (Phi) is 3.77. The van der Waals surface area contributed by atoms with Crippen molar-refractivity contribution in [3.63, 3.8) is 0 Å². The van der Waals surface area contributed by atoms with E-state index in [9.17, 15) is 9.59 Å². The number of rotatable bonds is 4. The van der Waals surface area contributed by atoms with E-state index in [0.29, 0.717) is 11.3 Å². The lowest BCUT2D eigenvalue weighted by atomic mass is 10.2. The molecule has 1 amide bonds. The molecule has 2 aromatic rings. The number of carboxylic acid groups (broad SMARTS) is 1. The quantitative estimate of drug-likeness (QED) is 0.827. The third-order valence-electron chi connectivity index (χ3n) is 2.32. The summed E-state index contributed by atoms with van der Waals surface area (Å²) in [4.78, 5) is 33.8. The van der Waals surface area contributed by atoms with Gasteiger partial charge in [-0.1, -0.05) is 0 Å². The normalized spacial score (nSPS) is 9.89. The van der Waals surface area contributed by atoms with Gasteiger partial charge >= 0.3 is 5.97 Å². The minimum Gasteiger partial charge on any atom is -0.477 e. The first-order chi connectivity index (χ1) is 9.16. The average molecular weight is 258 g/mol. The number of aromatic nitrogens is 3. The lowest BCUT2D eigenvalue weighted by Gasteiger charge is -2.04. The van der Waals surface area contributed by atoms with Crippen LogP contribution in [0.1, 0.15) is 26.5 Å². The second-order valence-electron chi connectivity index (χ2n) is 3.62. The predicted molar refractivity (Wildman–Crippen MR) is 64.4 cm³/mol. The van der Waals surface area contributed by atoms with Crippen molar-refractivity contribution in [2.24, 2.45) is 0 Å². The molecule has 0 fully saturated rings. The molecular formula is C12H10N4O3. The zero-order valence-corrected chi connectivity index (χ0v) is 9.78. The molecule has 0 unspecified atom stereocenters. The van der Waals surface area contributed by atoms with Crippen molar-refractivity contribution in [3.8, 4) is 0 Å². The highest BCUT2D eigenvalue weighted by Gasteiger charge is 2.08. The molecule has 0 bridgehead atoms.